The number of anilines is 1. The molecule has 0 radical (unpaired) electrons. The highest BCUT2D eigenvalue weighted by atomic mass is 35.5. The number of nitrogens with one attached hydrogen (secondary N) is 1. The number of benzene rings is 1. The van der Waals surface area contributed by atoms with Crippen molar-refractivity contribution in [1.29, 1.82) is 0 Å². The predicted molar refractivity (Wildman–Crippen MR) is 95.9 cm³/mol. The third kappa shape index (κ3) is 3.51. The maximum Gasteiger partial charge on any atom is 0.470 e. The van der Waals surface area contributed by atoms with E-state index in [9.17, 15) is 13.2 Å². The van der Waals surface area contributed by atoms with Crippen molar-refractivity contribution in [2.75, 3.05) is 5.32 Å². The minimum atomic E-state index is -4.70. The van der Waals surface area contributed by atoms with E-state index in [-0.39, 0.29) is 17.0 Å². The molecule has 2 heterocycles. The third-order valence-electron chi connectivity index (χ3n) is 4.60. The molecular weight excluding hydrogens is 418 g/mol. The molecular formula is C17H12Cl2F3N5O. The Morgan fingerprint density at radius 3 is 2.29 bits per heavy atom. The molecule has 0 unspecified atom stereocenters. The summed E-state index contributed by atoms with van der Waals surface area (Å²) in [6, 6.07) is 5.44. The molecule has 4 rings (SSSR count). The average Bonchev–Trinajstić information content (AvgIpc) is 3.12. The van der Waals surface area contributed by atoms with Gasteiger partial charge in [0.1, 0.15) is 0 Å². The van der Waals surface area contributed by atoms with Crippen molar-refractivity contribution in [3.63, 3.8) is 0 Å². The fourth-order valence-corrected chi connectivity index (χ4v) is 3.28. The Hall–Kier alpha value is -2.39. The molecule has 0 atom stereocenters. The lowest BCUT2D eigenvalue weighted by atomic mass is 9.72. The van der Waals surface area contributed by atoms with Gasteiger partial charge < -0.3 is 9.73 Å². The second kappa shape index (κ2) is 6.89. The summed E-state index contributed by atoms with van der Waals surface area (Å²) in [6.45, 7) is 0. The molecule has 1 aliphatic carbocycles. The topological polar surface area (TPSA) is 76.7 Å². The van der Waals surface area contributed by atoms with Crippen LogP contribution in [0.15, 0.2) is 35.0 Å². The number of rotatable bonds is 4. The van der Waals surface area contributed by atoms with Crippen LogP contribution in [0.4, 0.5) is 19.1 Å². The molecule has 1 N–H and O–H groups in total. The summed E-state index contributed by atoms with van der Waals surface area (Å²) in [5.41, 5.74) is 0.780. The van der Waals surface area contributed by atoms with E-state index >= 15 is 0 Å². The van der Waals surface area contributed by atoms with Gasteiger partial charge in [0.25, 0.3) is 5.89 Å². The smallest absolute Gasteiger partial charge is 0.413 e. The molecule has 11 heteroatoms. The zero-order chi connectivity index (χ0) is 19.9. The van der Waals surface area contributed by atoms with Crippen LogP contribution in [0, 0.1) is 0 Å². The Labute approximate surface area is 167 Å². The van der Waals surface area contributed by atoms with Gasteiger partial charge in [-0.05, 0) is 37.0 Å². The molecule has 1 aliphatic rings. The lowest BCUT2D eigenvalue weighted by molar-refractivity contribution is -0.156. The van der Waals surface area contributed by atoms with Crippen molar-refractivity contribution in [2.24, 2.45) is 0 Å². The molecule has 1 saturated carbocycles. The first-order valence-corrected chi connectivity index (χ1v) is 8.99. The molecule has 3 aromatic rings. The largest absolute Gasteiger partial charge is 0.470 e. The van der Waals surface area contributed by atoms with E-state index in [1.165, 1.54) is 12.4 Å². The first-order valence-electron chi connectivity index (χ1n) is 8.24. The predicted octanol–water partition coefficient (Wildman–Crippen LogP) is 5.34. The standard InChI is InChI=1S/C17H12Cl2F3N5O/c18-11-3-2-10(6-12(11)19)16(4-1-5-16)25-15-23-7-9(8-24-15)13-26-27-14(28-13)17(20,21)22/h2-3,6-8H,1,4-5H2,(H,23,24,25). The molecule has 1 aromatic carbocycles. The highest BCUT2D eigenvalue weighted by Gasteiger charge is 2.40. The summed E-state index contributed by atoms with van der Waals surface area (Å²) >= 11 is 12.1. The number of hydrogen-bond donors (Lipinski definition) is 1. The van der Waals surface area contributed by atoms with Crippen LogP contribution in [-0.2, 0) is 11.7 Å². The molecule has 146 valence electrons. The first-order chi connectivity index (χ1) is 13.3. The Morgan fingerprint density at radius 1 is 1.04 bits per heavy atom. The quantitative estimate of drug-likeness (QED) is 0.602. The van der Waals surface area contributed by atoms with Gasteiger partial charge in [0.05, 0.1) is 21.1 Å². The second-order valence-corrected chi connectivity index (χ2v) is 7.21. The molecule has 0 amide bonds. The van der Waals surface area contributed by atoms with E-state index in [1.807, 2.05) is 12.1 Å². The summed E-state index contributed by atoms with van der Waals surface area (Å²) in [4.78, 5) is 8.34. The summed E-state index contributed by atoms with van der Waals surface area (Å²) in [5, 5.41) is 10.6. The van der Waals surface area contributed by atoms with Crippen LogP contribution < -0.4 is 5.32 Å². The number of hydrogen-bond acceptors (Lipinski definition) is 6. The van der Waals surface area contributed by atoms with Crippen molar-refractivity contribution in [3.8, 4) is 11.5 Å². The van der Waals surface area contributed by atoms with Gasteiger partial charge in [0.15, 0.2) is 0 Å². The molecule has 0 saturated heterocycles. The van der Waals surface area contributed by atoms with Crippen molar-refractivity contribution in [1.82, 2.24) is 20.2 Å². The van der Waals surface area contributed by atoms with Gasteiger partial charge in [-0.15, -0.1) is 10.2 Å². The summed E-state index contributed by atoms with van der Waals surface area (Å²) in [7, 11) is 0. The highest BCUT2D eigenvalue weighted by Crippen LogP contribution is 2.45. The van der Waals surface area contributed by atoms with Crippen LogP contribution in [0.1, 0.15) is 30.7 Å². The maximum atomic E-state index is 12.6. The normalized spacial score (nSPS) is 15.9. The average molecular weight is 430 g/mol. The number of halogens is 5. The molecule has 2 aromatic heterocycles. The van der Waals surface area contributed by atoms with Gasteiger partial charge in [-0.25, -0.2) is 9.97 Å². The number of alkyl halides is 3. The Morgan fingerprint density at radius 2 is 1.75 bits per heavy atom. The van der Waals surface area contributed by atoms with E-state index in [0.29, 0.717) is 16.0 Å². The maximum absolute atomic E-state index is 12.6. The van der Waals surface area contributed by atoms with Crippen LogP contribution in [-0.4, -0.2) is 20.2 Å². The Balaban J connectivity index is 1.55. The lowest BCUT2D eigenvalue weighted by Gasteiger charge is -2.43. The molecule has 0 spiro atoms. The second-order valence-electron chi connectivity index (χ2n) is 6.40. The molecule has 1 fully saturated rings. The Bertz CT molecular complexity index is 1000. The zero-order valence-electron chi connectivity index (χ0n) is 14.1. The van der Waals surface area contributed by atoms with Crippen LogP contribution >= 0.6 is 23.2 Å². The van der Waals surface area contributed by atoms with Gasteiger partial charge in [-0.1, -0.05) is 29.3 Å². The molecule has 6 nitrogen and oxygen atoms in total. The third-order valence-corrected chi connectivity index (χ3v) is 5.34. The molecule has 0 aliphatic heterocycles. The fourth-order valence-electron chi connectivity index (χ4n) is 2.98. The summed E-state index contributed by atoms with van der Waals surface area (Å²) < 4.78 is 42.3. The fraction of sp³-hybridized carbons (Fsp3) is 0.294. The van der Waals surface area contributed by atoms with E-state index in [0.717, 1.165) is 24.8 Å². The highest BCUT2D eigenvalue weighted by molar-refractivity contribution is 6.42. The van der Waals surface area contributed by atoms with Gasteiger partial charge in [-0.2, -0.15) is 13.2 Å². The van der Waals surface area contributed by atoms with Crippen LogP contribution in [0.2, 0.25) is 10.0 Å². The Kier molecular flexibility index (Phi) is 4.67. The number of aromatic nitrogens is 4. The van der Waals surface area contributed by atoms with Gasteiger partial charge >= 0.3 is 12.1 Å². The van der Waals surface area contributed by atoms with Crippen molar-refractivity contribution in [2.45, 2.75) is 31.0 Å². The zero-order valence-corrected chi connectivity index (χ0v) is 15.6. The molecule has 0 bridgehead atoms. The van der Waals surface area contributed by atoms with Crippen LogP contribution in [0.5, 0.6) is 0 Å². The van der Waals surface area contributed by atoms with Crippen LogP contribution in [0.25, 0.3) is 11.5 Å². The monoisotopic (exact) mass is 429 g/mol. The van der Waals surface area contributed by atoms with Crippen molar-refractivity contribution in [3.05, 3.63) is 52.1 Å². The molecule has 28 heavy (non-hydrogen) atoms. The van der Waals surface area contributed by atoms with Gasteiger partial charge in [-0.3, -0.25) is 0 Å². The van der Waals surface area contributed by atoms with E-state index in [2.05, 4.69) is 29.9 Å². The van der Waals surface area contributed by atoms with Crippen molar-refractivity contribution >= 4 is 29.2 Å². The summed E-state index contributed by atoms with van der Waals surface area (Å²) in [5.74, 6) is -1.40. The van der Waals surface area contributed by atoms with E-state index in [4.69, 9.17) is 23.2 Å². The first kappa shape index (κ1) is 18.9. The SMILES string of the molecule is FC(F)(F)c1nnc(-c2cnc(NC3(c4ccc(Cl)c(Cl)c4)CCC3)nc2)o1. The van der Waals surface area contributed by atoms with Crippen molar-refractivity contribution < 1.29 is 17.6 Å². The number of nitrogens with zero attached hydrogens (tertiary/aromatic N) is 4. The van der Waals surface area contributed by atoms with Crippen LogP contribution in [0.3, 0.4) is 0 Å². The van der Waals surface area contributed by atoms with Gasteiger partial charge in [0, 0.05) is 12.4 Å². The van der Waals surface area contributed by atoms with E-state index in [1.54, 1.807) is 6.07 Å². The lowest BCUT2D eigenvalue weighted by Crippen LogP contribution is -2.42. The minimum Gasteiger partial charge on any atom is -0.413 e. The van der Waals surface area contributed by atoms with Gasteiger partial charge in [0.2, 0.25) is 5.95 Å². The minimum absolute atomic E-state index is 0.186. The van der Waals surface area contributed by atoms with E-state index < -0.39 is 12.1 Å². The summed E-state index contributed by atoms with van der Waals surface area (Å²) in [6.07, 6.45) is 0.676.